The summed E-state index contributed by atoms with van der Waals surface area (Å²) < 4.78 is 0. The third kappa shape index (κ3) is 4.59. The zero-order chi connectivity index (χ0) is 16.2. The number of amides is 3. The van der Waals surface area contributed by atoms with Crippen LogP contribution >= 0.6 is 0 Å². The Morgan fingerprint density at radius 1 is 1.10 bits per heavy atom. The molecule has 21 heavy (non-hydrogen) atoms. The first-order chi connectivity index (χ1) is 9.73. The van der Waals surface area contributed by atoms with Crippen LogP contribution in [0.5, 0.6) is 0 Å². The fraction of sp³-hybridized carbons (Fsp3) is 0.769. The maximum absolute atomic E-state index is 12.4. The predicted molar refractivity (Wildman–Crippen MR) is 76.6 cm³/mol. The fourth-order valence-electron chi connectivity index (χ4n) is 2.35. The molecule has 0 radical (unpaired) electrons. The average Bonchev–Trinajstić information content (AvgIpc) is 2.42. The van der Waals surface area contributed by atoms with Crippen LogP contribution in [0.4, 0.5) is 4.79 Å². The monoisotopic (exact) mass is 300 g/mol. The number of nitrogens with zero attached hydrogens (tertiary/aromatic N) is 2. The van der Waals surface area contributed by atoms with Gasteiger partial charge in [-0.25, -0.2) is 4.79 Å². The summed E-state index contributed by atoms with van der Waals surface area (Å²) in [7, 11) is 0. The van der Waals surface area contributed by atoms with Gasteiger partial charge in [0.05, 0.1) is 0 Å². The van der Waals surface area contributed by atoms with Gasteiger partial charge in [0.1, 0.15) is 12.1 Å². The van der Waals surface area contributed by atoms with Gasteiger partial charge in [-0.1, -0.05) is 13.8 Å². The zero-order valence-corrected chi connectivity index (χ0v) is 12.7. The van der Waals surface area contributed by atoms with Gasteiger partial charge in [0.2, 0.25) is 5.91 Å². The summed E-state index contributed by atoms with van der Waals surface area (Å²) in [4.78, 5) is 37.8. The summed E-state index contributed by atoms with van der Waals surface area (Å²) in [5, 5.41) is 11.5. The number of rotatable bonds is 5. The van der Waals surface area contributed by atoms with E-state index in [2.05, 4.69) is 5.32 Å². The highest BCUT2D eigenvalue weighted by molar-refractivity contribution is 5.87. The molecule has 0 spiro atoms. The van der Waals surface area contributed by atoms with Gasteiger partial charge in [0.15, 0.2) is 0 Å². The van der Waals surface area contributed by atoms with Gasteiger partial charge in [0.25, 0.3) is 0 Å². The van der Waals surface area contributed by atoms with Crippen molar-refractivity contribution in [3.63, 3.8) is 0 Å². The molecule has 1 aliphatic rings. The molecular formula is C13H24N4O4. The lowest BCUT2D eigenvalue weighted by atomic mass is 10.0. The summed E-state index contributed by atoms with van der Waals surface area (Å²) >= 11 is 0. The first-order valence-electron chi connectivity index (χ1n) is 7.05. The lowest BCUT2D eigenvalue weighted by Crippen LogP contribution is -2.58. The SMILES string of the molecule is CC(C)C(NC(N)=O)C(=O)N1CCN(C(C)C(=O)O)CC1. The quantitative estimate of drug-likeness (QED) is 0.620. The minimum atomic E-state index is -0.870. The van der Waals surface area contributed by atoms with Crippen LogP contribution in [0.15, 0.2) is 0 Å². The molecule has 0 saturated carbocycles. The Hall–Kier alpha value is -1.83. The Morgan fingerprint density at radius 3 is 2.00 bits per heavy atom. The maximum atomic E-state index is 12.4. The minimum Gasteiger partial charge on any atom is -0.480 e. The number of hydrogen-bond acceptors (Lipinski definition) is 4. The van der Waals surface area contributed by atoms with Crippen LogP contribution in [0.3, 0.4) is 0 Å². The highest BCUT2D eigenvalue weighted by atomic mass is 16.4. The molecule has 8 nitrogen and oxygen atoms in total. The second-order valence-corrected chi connectivity index (χ2v) is 5.61. The van der Waals surface area contributed by atoms with E-state index in [9.17, 15) is 14.4 Å². The van der Waals surface area contributed by atoms with E-state index in [-0.39, 0.29) is 11.8 Å². The highest BCUT2D eigenvalue weighted by Gasteiger charge is 2.32. The number of hydrogen-bond donors (Lipinski definition) is 3. The molecule has 3 amide bonds. The van der Waals surface area contributed by atoms with Crippen molar-refractivity contribution in [2.24, 2.45) is 11.7 Å². The van der Waals surface area contributed by atoms with E-state index in [1.807, 2.05) is 18.7 Å². The smallest absolute Gasteiger partial charge is 0.320 e. The van der Waals surface area contributed by atoms with Crippen LogP contribution < -0.4 is 11.1 Å². The molecule has 8 heteroatoms. The van der Waals surface area contributed by atoms with E-state index in [0.29, 0.717) is 26.2 Å². The molecule has 0 aliphatic carbocycles. The number of carboxylic acids is 1. The molecule has 1 heterocycles. The molecule has 0 aromatic heterocycles. The highest BCUT2D eigenvalue weighted by Crippen LogP contribution is 2.11. The van der Waals surface area contributed by atoms with E-state index in [0.717, 1.165) is 0 Å². The Labute approximate surface area is 124 Å². The molecule has 1 fully saturated rings. The molecule has 1 rings (SSSR count). The third-order valence-electron chi connectivity index (χ3n) is 3.76. The normalized spacial score (nSPS) is 19.1. The van der Waals surface area contributed by atoms with Crippen molar-refractivity contribution >= 4 is 17.9 Å². The number of aliphatic carboxylic acids is 1. The van der Waals surface area contributed by atoms with Crippen molar-refractivity contribution in [2.75, 3.05) is 26.2 Å². The number of carbonyl (C=O) groups excluding carboxylic acids is 2. The number of primary amides is 1. The van der Waals surface area contributed by atoms with Crippen molar-refractivity contribution in [3.05, 3.63) is 0 Å². The van der Waals surface area contributed by atoms with Crippen LogP contribution in [0.25, 0.3) is 0 Å². The van der Waals surface area contributed by atoms with Crippen molar-refractivity contribution in [1.82, 2.24) is 15.1 Å². The largest absolute Gasteiger partial charge is 0.480 e. The standard InChI is InChI=1S/C13H24N4O4/c1-8(2)10(15-13(14)21)11(18)17-6-4-16(5-7-17)9(3)12(19)20/h8-10H,4-7H2,1-3H3,(H,19,20)(H3,14,15,21). The molecule has 0 aromatic rings. The number of piperazine rings is 1. The predicted octanol–water partition coefficient (Wildman–Crippen LogP) is -0.703. The van der Waals surface area contributed by atoms with Crippen molar-refractivity contribution in [2.45, 2.75) is 32.9 Å². The molecule has 1 aliphatic heterocycles. The number of carbonyl (C=O) groups is 3. The summed E-state index contributed by atoms with van der Waals surface area (Å²) in [5.74, 6) is -1.11. The van der Waals surface area contributed by atoms with Gasteiger partial charge in [-0.15, -0.1) is 0 Å². The van der Waals surface area contributed by atoms with Crippen LogP contribution in [0.1, 0.15) is 20.8 Å². The minimum absolute atomic E-state index is 0.0685. The second-order valence-electron chi connectivity index (χ2n) is 5.61. The number of nitrogens with two attached hydrogens (primary N) is 1. The van der Waals surface area contributed by atoms with Crippen LogP contribution in [0.2, 0.25) is 0 Å². The Balaban J connectivity index is 2.61. The number of nitrogens with one attached hydrogen (secondary N) is 1. The van der Waals surface area contributed by atoms with Crippen LogP contribution in [-0.4, -0.2) is 71.1 Å². The fourth-order valence-corrected chi connectivity index (χ4v) is 2.35. The van der Waals surface area contributed by atoms with Crippen molar-refractivity contribution < 1.29 is 19.5 Å². The van der Waals surface area contributed by atoms with Gasteiger partial charge >= 0.3 is 12.0 Å². The van der Waals surface area contributed by atoms with Crippen LogP contribution in [0, 0.1) is 5.92 Å². The van der Waals surface area contributed by atoms with E-state index >= 15 is 0 Å². The van der Waals surface area contributed by atoms with Crippen molar-refractivity contribution in [1.29, 1.82) is 0 Å². The summed E-state index contributed by atoms with van der Waals surface area (Å²) in [6.45, 7) is 7.19. The molecular weight excluding hydrogens is 276 g/mol. The van der Waals surface area contributed by atoms with E-state index in [4.69, 9.17) is 10.8 Å². The lowest BCUT2D eigenvalue weighted by Gasteiger charge is -2.38. The molecule has 120 valence electrons. The molecule has 1 saturated heterocycles. The average molecular weight is 300 g/mol. The molecule has 0 aromatic carbocycles. The van der Waals surface area contributed by atoms with E-state index < -0.39 is 24.1 Å². The lowest BCUT2D eigenvalue weighted by molar-refractivity contribution is -0.144. The number of urea groups is 1. The van der Waals surface area contributed by atoms with Gasteiger partial charge in [0, 0.05) is 26.2 Å². The summed E-state index contributed by atoms with van der Waals surface area (Å²) in [5.41, 5.74) is 5.10. The van der Waals surface area contributed by atoms with Crippen molar-refractivity contribution in [3.8, 4) is 0 Å². The van der Waals surface area contributed by atoms with Gasteiger partial charge < -0.3 is 21.1 Å². The third-order valence-corrected chi connectivity index (χ3v) is 3.76. The number of carboxylic acid groups (broad SMARTS) is 1. The summed E-state index contributed by atoms with van der Waals surface area (Å²) in [6.07, 6.45) is 0. The van der Waals surface area contributed by atoms with E-state index in [1.165, 1.54) is 0 Å². The Kier molecular flexibility index (Phi) is 5.95. The molecule has 4 N–H and O–H groups in total. The first-order valence-corrected chi connectivity index (χ1v) is 7.05. The second kappa shape index (κ2) is 7.26. The molecule has 2 atom stereocenters. The topological polar surface area (TPSA) is 116 Å². The maximum Gasteiger partial charge on any atom is 0.320 e. The Morgan fingerprint density at radius 2 is 1.62 bits per heavy atom. The van der Waals surface area contributed by atoms with Gasteiger partial charge in [-0.3, -0.25) is 14.5 Å². The van der Waals surface area contributed by atoms with Gasteiger partial charge in [-0.05, 0) is 12.8 Å². The zero-order valence-electron chi connectivity index (χ0n) is 12.7. The van der Waals surface area contributed by atoms with E-state index in [1.54, 1.807) is 11.8 Å². The summed E-state index contributed by atoms with van der Waals surface area (Å²) in [6, 6.07) is -1.93. The molecule has 0 bridgehead atoms. The van der Waals surface area contributed by atoms with Gasteiger partial charge in [-0.2, -0.15) is 0 Å². The first kappa shape index (κ1) is 17.2. The Bertz CT molecular complexity index is 405. The molecule has 2 unspecified atom stereocenters. The van der Waals surface area contributed by atoms with Crippen LogP contribution in [-0.2, 0) is 9.59 Å².